The lowest BCUT2D eigenvalue weighted by atomic mass is 10.1. The van der Waals surface area contributed by atoms with Crippen LogP contribution < -0.4 is 5.73 Å². The van der Waals surface area contributed by atoms with Crippen LogP contribution in [0.1, 0.15) is 31.8 Å². The minimum atomic E-state index is -1.35. The molecule has 3 N–H and O–H groups in total. The first-order valence-corrected chi connectivity index (χ1v) is 18.6. The van der Waals surface area contributed by atoms with Gasteiger partial charge < -0.3 is 10.8 Å². The summed E-state index contributed by atoms with van der Waals surface area (Å²) in [5.74, 6) is -4.60. The molecule has 0 atom stereocenters. The lowest BCUT2D eigenvalue weighted by molar-refractivity contribution is 0.0691. The number of hydrogen-bond acceptors (Lipinski definition) is 10. The van der Waals surface area contributed by atoms with E-state index in [9.17, 15) is 27.2 Å². The fourth-order valence-corrected chi connectivity index (χ4v) is 6.81. The number of aromatic nitrogens is 10. The number of nitrogens with zero attached hydrogens (tertiary/aromatic N) is 10. The Bertz CT molecular complexity index is 3190. The highest BCUT2D eigenvalue weighted by molar-refractivity contribution is 5.93. The number of carbonyl (C=O) groups is 2. The Labute approximate surface area is 345 Å². The molecule has 4 aromatic carbocycles. The highest BCUT2D eigenvalue weighted by atomic mass is 19.1. The summed E-state index contributed by atoms with van der Waals surface area (Å²) in [4.78, 5) is 39.6. The molecular formula is C44H27F4N11O3. The summed E-state index contributed by atoms with van der Waals surface area (Å²) >= 11 is 0. The minimum Gasteiger partial charge on any atom is -0.478 e. The number of rotatable bonds is 8. The molecule has 0 aliphatic carbocycles. The second kappa shape index (κ2) is 15.9. The number of halogens is 4. The molecule has 6 aromatic heterocycles. The van der Waals surface area contributed by atoms with E-state index in [0.717, 1.165) is 16.8 Å². The largest absolute Gasteiger partial charge is 0.478 e. The summed E-state index contributed by atoms with van der Waals surface area (Å²) in [6.45, 7) is 0.203. The smallest absolute Gasteiger partial charge is 0.338 e. The number of carboxylic acid groups (broad SMARTS) is 1. The topological polar surface area (TPSA) is 193 Å². The number of fused-ring (bicyclic) bond motifs is 4. The van der Waals surface area contributed by atoms with E-state index in [2.05, 4.69) is 40.6 Å². The van der Waals surface area contributed by atoms with E-state index in [1.54, 1.807) is 67.0 Å². The zero-order valence-corrected chi connectivity index (χ0v) is 31.8. The van der Waals surface area contributed by atoms with Crippen LogP contribution in [-0.2, 0) is 13.1 Å². The number of carboxylic acids is 1. The zero-order chi connectivity index (χ0) is 43.1. The van der Waals surface area contributed by atoms with Crippen molar-refractivity contribution >= 4 is 56.0 Å². The summed E-state index contributed by atoms with van der Waals surface area (Å²) in [6, 6.07) is 27.9. The first-order valence-electron chi connectivity index (χ1n) is 18.6. The lowest BCUT2D eigenvalue weighted by Gasteiger charge is -2.07. The van der Waals surface area contributed by atoms with Crippen LogP contribution in [0, 0.1) is 23.3 Å². The Balaban J connectivity index is 0.000000158. The van der Waals surface area contributed by atoms with Gasteiger partial charge in [0.1, 0.15) is 34.3 Å². The molecule has 10 rings (SSSR count). The van der Waals surface area contributed by atoms with Crippen molar-refractivity contribution in [1.29, 1.82) is 0 Å². The van der Waals surface area contributed by atoms with E-state index in [-0.39, 0.29) is 18.7 Å². The van der Waals surface area contributed by atoms with E-state index in [4.69, 9.17) is 10.8 Å². The normalized spacial score (nSPS) is 11.3. The van der Waals surface area contributed by atoms with Crippen LogP contribution in [0.3, 0.4) is 0 Å². The molecule has 10 aromatic rings. The van der Waals surface area contributed by atoms with Crippen molar-refractivity contribution < 1.29 is 32.3 Å². The van der Waals surface area contributed by atoms with Crippen molar-refractivity contribution in [3.8, 4) is 22.5 Å². The molecule has 0 aliphatic rings. The van der Waals surface area contributed by atoms with Gasteiger partial charge in [-0.25, -0.2) is 41.7 Å². The molecule has 304 valence electrons. The van der Waals surface area contributed by atoms with Crippen molar-refractivity contribution in [3.05, 3.63) is 167 Å². The van der Waals surface area contributed by atoms with Gasteiger partial charge in [-0.1, -0.05) is 34.7 Å². The molecule has 0 saturated heterocycles. The zero-order valence-electron chi connectivity index (χ0n) is 31.8. The third kappa shape index (κ3) is 7.58. The second-order valence-corrected chi connectivity index (χ2v) is 13.9. The van der Waals surface area contributed by atoms with Gasteiger partial charge in [0.25, 0.3) is 5.91 Å². The molecule has 0 unspecified atom stereocenters. The first kappa shape index (κ1) is 38.9. The van der Waals surface area contributed by atoms with Gasteiger partial charge in [0.2, 0.25) is 0 Å². The molecule has 0 bridgehead atoms. The summed E-state index contributed by atoms with van der Waals surface area (Å²) in [7, 11) is 0. The Kier molecular flexibility index (Phi) is 9.99. The average molecular weight is 834 g/mol. The van der Waals surface area contributed by atoms with Crippen LogP contribution in [0.4, 0.5) is 17.6 Å². The lowest BCUT2D eigenvalue weighted by Crippen LogP contribution is -2.13. The standard InChI is InChI=1S/C22H14F2N6O.C22H13F2N5O2/c23-16-10-20-12(2-1-7-26-20)8-14(16)11-30-22-19(28-29-30)6-5-18(27-22)13-3-4-15(21(25)31)17(24)9-13;23-16-10-20-12(2-1-7-25-20)8-14(16)11-29-21-19(27-28-29)6-5-18(26-21)13-3-4-15(22(30)31)17(24)9-13/h1-10H,11H2,(H2,25,31);1-10H,11H2,(H,30,31). The molecule has 0 radical (unpaired) electrons. The quantitative estimate of drug-likeness (QED) is 0.144. The molecule has 0 aliphatic heterocycles. The van der Waals surface area contributed by atoms with Crippen LogP contribution in [-0.4, -0.2) is 66.9 Å². The Morgan fingerprint density at radius 1 is 0.548 bits per heavy atom. The summed E-state index contributed by atoms with van der Waals surface area (Å²) in [6.07, 6.45) is 3.21. The fraction of sp³-hybridized carbons (Fsp3) is 0.0455. The average Bonchev–Trinajstić information content (AvgIpc) is 3.86. The third-order valence-electron chi connectivity index (χ3n) is 9.93. The number of carbonyl (C=O) groups excluding carboxylic acids is 1. The van der Waals surface area contributed by atoms with Gasteiger partial charge in [-0.05, 0) is 72.8 Å². The molecular weight excluding hydrogens is 807 g/mol. The monoisotopic (exact) mass is 833 g/mol. The molecule has 1 amide bonds. The maximum atomic E-state index is 14.6. The number of aromatic carboxylic acids is 1. The summed E-state index contributed by atoms with van der Waals surface area (Å²) in [5.41, 5.74) is 10.0. The maximum absolute atomic E-state index is 14.6. The van der Waals surface area contributed by atoms with Gasteiger partial charge >= 0.3 is 5.97 Å². The van der Waals surface area contributed by atoms with Gasteiger partial charge in [-0.3, -0.25) is 14.8 Å². The predicted molar refractivity (Wildman–Crippen MR) is 219 cm³/mol. The number of hydrogen-bond donors (Lipinski definition) is 2. The minimum absolute atomic E-state index is 0.0932. The van der Waals surface area contributed by atoms with Crippen molar-refractivity contribution in [3.63, 3.8) is 0 Å². The SMILES string of the molecule is NC(=O)c1ccc(-c2ccc3nnn(Cc4cc5cccnc5cc4F)c3n2)cc1F.O=C(O)c1ccc(-c2ccc3nnn(Cc4cc5cccnc5cc4F)c3n2)cc1F. The fourth-order valence-electron chi connectivity index (χ4n) is 6.81. The first-order chi connectivity index (χ1) is 30.0. The van der Waals surface area contributed by atoms with E-state index in [0.29, 0.717) is 67.0 Å². The second-order valence-electron chi connectivity index (χ2n) is 13.9. The van der Waals surface area contributed by atoms with Gasteiger partial charge in [-0.2, -0.15) is 0 Å². The van der Waals surface area contributed by atoms with E-state index in [1.165, 1.54) is 45.8 Å². The van der Waals surface area contributed by atoms with Crippen molar-refractivity contribution in [2.75, 3.05) is 0 Å². The third-order valence-corrected chi connectivity index (χ3v) is 9.93. The van der Waals surface area contributed by atoms with Crippen LogP contribution in [0.25, 0.3) is 66.6 Å². The molecule has 0 fully saturated rings. The summed E-state index contributed by atoms with van der Waals surface area (Å²) in [5, 5.41) is 26.9. The Morgan fingerprint density at radius 2 is 1.02 bits per heavy atom. The van der Waals surface area contributed by atoms with Crippen LogP contribution in [0.2, 0.25) is 0 Å². The van der Waals surface area contributed by atoms with Crippen molar-refractivity contribution in [2.24, 2.45) is 5.73 Å². The van der Waals surface area contributed by atoms with Crippen LogP contribution in [0.5, 0.6) is 0 Å². The van der Waals surface area contributed by atoms with Crippen molar-refractivity contribution in [1.82, 2.24) is 49.9 Å². The molecule has 62 heavy (non-hydrogen) atoms. The molecule has 14 nitrogen and oxygen atoms in total. The number of amides is 1. The van der Waals surface area contributed by atoms with Crippen molar-refractivity contribution in [2.45, 2.75) is 13.1 Å². The van der Waals surface area contributed by atoms with Gasteiger partial charge in [-0.15, -0.1) is 10.2 Å². The number of benzene rings is 4. The number of primary amides is 1. The Morgan fingerprint density at radius 3 is 1.45 bits per heavy atom. The van der Waals surface area contributed by atoms with E-state index < -0.39 is 40.7 Å². The molecule has 6 heterocycles. The van der Waals surface area contributed by atoms with Gasteiger partial charge in [0.05, 0.1) is 46.6 Å². The Hall–Kier alpha value is -8.54. The van der Waals surface area contributed by atoms with Crippen LogP contribution >= 0.6 is 0 Å². The molecule has 18 heteroatoms. The van der Waals surface area contributed by atoms with Gasteiger partial charge in [0, 0.05) is 57.6 Å². The number of pyridine rings is 4. The highest BCUT2D eigenvalue weighted by Gasteiger charge is 2.17. The van der Waals surface area contributed by atoms with Gasteiger partial charge in [0.15, 0.2) is 11.3 Å². The number of nitrogens with two attached hydrogens (primary N) is 1. The highest BCUT2D eigenvalue weighted by Crippen LogP contribution is 2.26. The van der Waals surface area contributed by atoms with E-state index >= 15 is 0 Å². The predicted octanol–water partition coefficient (Wildman–Crippen LogP) is 7.53. The molecule has 0 saturated carbocycles. The summed E-state index contributed by atoms with van der Waals surface area (Å²) < 4.78 is 60.4. The molecule has 0 spiro atoms. The maximum Gasteiger partial charge on any atom is 0.338 e. The van der Waals surface area contributed by atoms with Crippen LogP contribution in [0.15, 0.2) is 122 Å². The van der Waals surface area contributed by atoms with E-state index in [1.807, 2.05) is 12.1 Å².